The van der Waals surface area contributed by atoms with Gasteiger partial charge in [0.05, 0.1) is 17.5 Å². The lowest BCUT2D eigenvalue weighted by Crippen LogP contribution is -2.45. The van der Waals surface area contributed by atoms with E-state index >= 15 is 0 Å². The summed E-state index contributed by atoms with van der Waals surface area (Å²) in [6.07, 6.45) is 4.23. The number of aryl methyl sites for hydroxylation is 1. The SMILES string of the molecule is CCn1ncc(S(=O)(=O)N2CCC(O)(CN3CCCC3)C2)c1C. The van der Waals surface area contributed by atoms with Crippen LogP contribution in [0.1, 0.15) is 31.9 Å². The zero-order valence-electron chi connectivity index (χ0n) is 13.9. The highest BCUT2D eigenvalue weighted by Crippen LogP contribution is 2.30. The topological polar surface area (TPSA) is 78.7 Å². The molecule has 8 heteroatoms. The molecular weight excluding hydrogens is 316 g/mol. The van der Waals surface area contributed by atoms with Gasteiger partial charge in [-0.3, -0.25) is 4.68 Å². The van der Waals surface area contributed by atoms with Gasteiger partial charge in [-0.15, -0.1) is 0 Å². The van der Waals surface area contributed by atoms with Crippen LogP contribution in [0.25, 0.3) is 0 Å². The standard InChI is InChI=1S/C15H26N4O3S/c1-3-19-13(2)14(10-16-19)23(21,22)18-9-6-15(20,12-18)11-17-7-4-5-8-17/h10,20H,3-9,11-12H2,1-2H3. The number of aromatic nitrogens is 2. The van der Waals surface area contributed by atoms with Crippen molar-refractivity contribution in [3.05, 3.63) is 11.9 Å². The number of aliphatic hydroxyl groups is 1. The summed E-state index contributed by atoms with van der Waals surface area (Å²) in [5, 5.41) is 14.9. The Morgan fingerprint density at radius 3 is 2.61 bits per heavy atom. The Balaban J connectivity index is 1.75. The Bertz CT molecular complexity index is 666. The van der Waals surface area contributed by atoms with E-state index in [-0.39, 0.29) is 11.4 Å². The minimum Gasteiger partial charge on any atom is -0.387 e. The maximum absolute atomic E-state index is 12.9. The van der Waals surface area contributed by atoms with Crippen molar-refractivity contribution in [2.24, 2.45) is 0 Å². The largest absolute Gasteiger partial charge is 0.387 e. The summed E-state index contributed by atoms with van der Waals surface area (Å²) < 4.78 is 28.8. The van der Waals surface area contributed by atoms with E-state index in [0.717, 1.165) is 25.9 Å². The molecule has 2 saturated heterocycles. The van der Waals surface area contributed by atoms with Crippen molar-refractivity contribution in [2.75, 3.05) is 32.7 Å². The fourth-order valence-electron chi connectivity index (χ4n) is 3.65. The maximum Gasteiger partial charge on any atom is 0.246 e. The fourth-order valence-corrected chi connectivity index (χ4v) is 5.33. The highest BCUT2D eigenvalue weighted by Gasteiger charge is 2.43. The molecule has 1 N–H and O–H groups in total. The quantitative estimate of drug-likeness (QED) is 0.840. The third-order valence-electron chi connectivity index (χ3n) is 4.99. The van der Waals surface area contributed by atoms with Gasteiger partial charge >= 0.3 is 0 Å². The molecule has 2 aliphatic heterocycles. The summed E-state index contributed by atoms with van der Waals surface area (Å²) in [5.41, 5.74) is -0.283. The molecule has 0 saturated carbocycles. The van der Waals surface area contributed by atoms with Crippen molar-refractivity contribution in [3.8, 4) is 0 Å². The summed E-state index contributed by atoms with van der Waals surface area (Å²) in [7, 11) is -3.59. The van der Waals surface area contributed by atoms with Gasteiger partial charge in [-0.05, 0) is 46.2 Å². The number of β-amino-alcohol motifs (C(OH)–C–C–N with tert-alkyl or cyclic N) is 1. The van der Waals surface area contributed by atoms with E-state index in [0.29, 0.717) is 31.7 Å². The zero-order valence-corrected chi connectivity index (χ0v) is 14.7. The van der Waals surface area contributed by atoms with Gasteiger partial charge in [0, 0.05) is 26.2 Å². The molecule has 1 atom stereocenters. The second kappa shape index (κ2) is 6.16. The van der Waals surface area contributed by atoms with E-state index in [4.69, 9.17) is 0 Å². The molecule has 0 aromatic carbocycles. The molecule has 3 rings (SSSR count). The van der Waals surface area contributed by atoms with E-state index in [9.17, 15) is 13.5 Å². The van der Waals surface area contributed by atoms with Gasteiger partial charge in [-0.1, -0.05) is 0 Å². The smallest absolute Gasteiger partial charge is 0.246 e. The lowest BCUT2D eigenvalue weighted by atomic mass is 10.0. The van der Waals surface area contributed by atoms with Crippen molar-refractivity contribution in [1.82, 2.24) is 19.0 Å². The molecule has 2 aliphatic rings. The third-order valence-corrected chi connectivity index (χ3v) is 6.94. The van der Waals surface area contributed by atoms with Crippen LogP contribution in [0.4, 0.5) is 0 Å². The fraction of sp³-hybridized carbons (Fsp3) is 0.800. The van der Waals surface area contributed by atoms with Crippen LogP contribution in [0.3, 0.4) is 0 Å². The molecule has 0 bridgehead atoms. The molecule has 0 aliphatic carbocycles. The summed E-state index contributed by atoms with van der Waals surface area (Å²) in [6.45, 7) is 7.43. The van der Waals surface area contributed by atoms with Gasteiger partial charge in [-0.25, -0.2) is 8.42 Å². The van der Waals surface area contributed by atoms with Crippen LogP contribution >= 0.6 is 0 Å². The van der Waals surface area contributed by atoms with Crippen LogP contribution in [0.2, 0.25) is 0 Å². The first-order chi connectivity index (χ1) is 10.9. The van der Waals surface area contributed by atoms with E-state index in [2.05, 4.69) is 10.00 Å². The van der Waals surface area contributed by atoms with Crippen molar-refractivity contribution >= 4 is 10.0 Å². The number of likely N-dealkylation sites (tertiary alicyclic amines) is 1. The molecule has 1 unspecified atom stereocenters. The molecule has 23 heavy (non-hydrogen) atoms. The predicted octanol–water partition coefficient (Wildman–Crippen LogP) is 0.433. The van der Waals surface area contributed by atoms with E-state index in [1.807, 2.05) is 6.92 Å². The van der Waals surface area contributed by atoms with Gasteiger partial charge in [0.15, 0.2) is 0 Å². The molecule has 1 aromatic heterocycles. The van der Waals surface area contributed by atoms with E-state index in [1.165, 1.54) is 10.5 Å². The van der Waals surface area contributed by atoms with Crippen molar-refractivity contribution in [2.45, 2.75) is 50.2 Å². The van der Waals surface area contributed by atoms with Crippen LogP contribution in [-0.4, -0.2) is 70.8 Å². The third kappa shape index (κ3) is 3.17. The van der Waals surface area contributed by atoms with Gasteiger partial charge in [0.1, 0.15) is 4.90 Å². The number of sulfonamides is 1. The van der Waals surface area contributed by atoms with Crippen LogP contribution in [0.5, 0.6) is 0 Å². The normalized spacial score (nSPS) is 27.1. The van der Waals surface area contributed by atoms with Crippen LogP contribution in [0, 0.1) is 6.92 Å². The van der Waals surface area contributed by atoms with Gasteiger partial charge in [-0.2, -0.15) is 9.40 Å². The van der Waals surface area contributed by atoms with E-state index < -0.39 is 15.6 Å². The van der Waals surface area contributed by atoms with Crippen molar-refractivity contribution < 1.29 is 13.5 Å². The predicted molar refractivity (Wildman–Crippen MR) is 86.6 cm³/mol. The Hall–Kier alpha value is -0.960. The molecule has 0 amide bonds. The van der Waals surface area contributed by atoms with Crippen LogP contribution in [-0.2, 0) is 16.6 Å². The first-order valence-electron chi connectivity index (χ1n) is 8.33. The number of nitrogens with zero attached hydrogens (tertiary/aromatic N) is 4. The van der Waals surface area contributed by atoms with Crippen molar-refractivity contribution in [3.63, 3.8) is 0 Å². The van der Waals surface area contributed by atoms with Crippen LogP contribution in [0.15, 0.2) is 11.1 Å². The summed E-state index contributed by atoms with van der Waals surface area (Å²) in [4.78, 5) is 2.49. The Morgan fingerprint density at radius 2 is 2.00 bits per heavy atom. The zero-order chi connectivity index (χ0) is 16.7. The average Bonchev–Trinajstić information content (AvgIpc) is 3.20. The first kappa shape index (κ1) is 16.9. The highest BCUT2D eigenvalue weighted by atomic mass is 32.2. The molecule has 130 valence electrons. The number of rotatable bonds is 5. The van der Waals surface area contributed by atoms with Gasteiger partial charge in [0.2, 0.25) is 10.0 Å². The van der Waals surface area contributed by atoms with Crippen molar-refractivity contribution in [1.29, 1.82) is 0 Å². The maximum atomic E-state index is 12.9. The molecule has 0 radical (unpaired) electrons. The number of hydrogen-bond acceptors (Lipinski definition) is 5. The summed E-state index contributed by atoms with van der Waals surface area (Å²) in [5.74, 6) is 0. The molecular formula is C15H26N4O3S. The van der Waals surface area contributed by atoms with E-state index in [1.54, 1.807) is 11.6 Å². The molecule has 7 nitrogen and oxygen atoms in total. The monoisotopic (exact) mass is 342 g/mol. The molecule has 0 spiro atoms. The summed E-state index contributed by atoms with van der Waals surface area (Å²) >= 11 is 0. The Morgan fingerprint density at radius 1 is 1.30 bits per heavy atom. The highest BCUT2D eigenvalue weighted by molar-refractivity contribution is 7.89. The summed E-state index contributed by atoms with van der Waals surface area (Å²) in [6, 6.07) is 0. The molecule has 1 aromatic rings. The van der Waals surface area contributed by atoms with Gasteiger partial charge in [0.25, 0.3) is 0 Å². The lowest BCUT2D eigenvalue weighted by molar-refractivity contribution is 0.0232. The lowest BCUT2D eigenvalue weighted by Gasteiger charge is -2.28. The second-order valence-corrected chi connectivity index (χ2v) is 8.61. The Kier molecular flexibility index (Phi) is 4.52. The average molecular weight is 342 g/mol. The second-order valence-electron chi connectivity index (χ2n) is 6.71. The molecule has 3 heterocycles. The minimum absolute atomic E-state index is 0.169. The van der Waals surface area contributed by atoms with Crippen LogP contribution < -0.4 is 0 Å². The molecule has 2 fully saturated rings. The van der Waals surface area contributed by atoms with Gasteiger partial charge < -0.3 is 10.0 Å². The minimum atomic E-state index is -3.59. The first-order valence-corrected chi connectivity index (χ1v) is 9.77. The number of hydrogen-bond donors (Lipinski definition) is 1. The Labute approximate surface area is 137 Å².